The number of para-hydroxylation sites is 1. The Bertz CT molecular complexity index is 989. The second-order valence-corrected chi connectivity index (χ2v) is 7.40. The van der Waals surface area contributed by atoms with Crippen LogP contribution in [-0.4, -0.2) is 15.5 Å². The summed E-state index contributed by atoms with van der Waals surface area (Å²) >= 11 is 6.20. The molecule has 0 unspecified atom stereocenters. The number of sulfonamides is 1. The van der Waals surface area contributed by atoms with Gasteiger partial charge in [0.1, 0.15) is 5.75 Å². The third kappa shape index (κ3) is 3.78. The van der Waals surface area contributed by atoms with Gasteiger partial charge >= 0.3 is 0 Å². The van der Waals surface area contributed by atoms with Crippen molar-refractivity contribution in [3.05, 3.63) is 77.8 Å². The molecule has 6 heteroatoms. The van der Waals surface area contributed by atoms with Crippen LogP contribution in [-0.2, 0) is 10.0 Å². The quantitative estimate of drug-likeness (QED) is 0.697. The molecule has 4 nitrogen and oxygen atoms in total. The topological polar surface area (TPSA) is 55.4 Å². The van der Waals surface area contributed by atoms with Gasteiger partial charge in [-0.25, -0.2) is 8.42 Å². The highest BCUT2D eigenvalue weighted by molar-refractivity contribution is 7.92. The molecule has 1 N–H and O–H groups in total. The van der Waals surface area contributed by atoms with E-state index < -0.39 is 10.0 Å². The lowest BCUT2D eigenvalue weighted by molar-refractivity contribution is 0.415. The third-order valence-electron chi connectivity index (χ3n) is 3.69. The molecular formula is C19H16ClNO3S. The molecule has 0 amide bonds. The van der Waals surface area contributed by atoms with Crippen molar-refractivity contribution in [3.63, 3.8) is 0 Å². The summed E-state index contributed by atoms with van der Waals surface area (Å²) < 4.78 is 33.0. The number of halogens is 1. The molecule has 0 spiro atoms. The molecule has 0 fully saturated rings. The summed E-state index contributed by atoms with van der Waals surface area (Å²) in [7, 11) is -2.13. The molecule has 0 saturated carbocycles. The van der Waals surface area contributed by atoms with E-state index in [0.717, 1.165) is 11.1 Å². The molecule has 0 aliphatic heterocycles. The van der Waals surface area contributed by atoms with Gasteiger partial charge in [0, 0.05) is 5.56 Å². The first-order valence-electron chi connectivity index (χ1n) is 7.52. The number of hydrogen-bond acceptors (Lipinski definition) is 3. The fraction of sp³-hybridized carbons (Fsp3) is 0.0526. The van der Waals surface area contributed by atoms with E-state index in [9.17, 15) is 8.42 Å². The molecule has 0 radical (unpaired) electrons. The minimum absolute atomic E-state index is 0.206. The predicted octanol–water partition coefficient (Wildman–Crippen LogP) is 4.82. The van der Waals surface area contributed by atoms with Crippen LogP contribution in [0.1, 0.15) is 0 Å². The normalized spacial score (nSPS) is 11.1. The van der Waals surface area contributed by atoms with Crippen molar-refractivity contribution in [2.75, 3.05) is 11.8 Å². The van der Waals surface area contributed by atoms with E-state index in [1.54, 1.807) is 61.7 Å². The van der Waals surface area contributed by atoms with Gasteiger partial charge < -0.3 is 4.74 Å². The zero-order valence-corrected chi connectivity index (χ0v) is 15.0. The molecular weight excluding hydrogens is 358 g/mol. The maximum Gasteiger partial charge on any atom is 0.261 e. The Morgan fingerprint density at radius 3 is 2.28 bits per heavy atom. The first kappa shape index (κ1) is 17.3. The van der Waals surface area contributed by atoms with Crippen LogP contribution < -0.4 is 9.46 Å². The molecule has 0 heterocycles. The van der Waals surface area contributed by atoms with Crippen LogP contribution in [0.4, 0.5) is 5.69 Å². The van der Waals surface area contributed by atoms with Crippen LogP contribution in [0.2, 0.25) is 5.02 Å². The molecule has 0 atom stereocenters. The van der Waals surface area contributed by atoms with Crippen LogP contribution in [0.5, 0.6) is 5.75 Å². The van der Waals surface area contributed by atoms with E-state index in [4.69, 9.17) is 16.3 Å². The van der Waals surface area contributed by atoms with Crippen LogP contribution in [0.25, 0.3) is 11.1 Å². The molecule has 0 bridgehead atoms. The zero-order valence-electron chi connectivity index (χ0n) is 13.4. The van der Waals surface area contributed by atoms with Gasteiger partial charge in [0.2, 0.25) is 0 Å². The monoisotopic (exact) mass is 373 g/mol. The van der Waals surface area contributed by atoms with Crippen LogP contribution in [0.3, 0.4) is 0 Å². The first-order valence-corrected chi connectivity index (χ1v) is 9.38. The zero-order chi connectivity index (χ0) is 17.9. The molecule has 3 aromatic rings. The fourth-order valence-electron chi connectivity index (χ4n) is 2.46. The maximum absolute atomic E-state index is 12.6. The Morgan fingerprint density at radius 1 is 0.920 bits per heavy atom. The van der Waals surface area contributed by atoms with E-state index in [2.05, 4.69) is 4.72 Å². The molecule has 0 aromatic heterocycles. The number of ether oxygens (including phenoxy) is 1. The van der Waals surface area contributed by atoms with Gasteiger partial charge in [0.15, 0.2) is 0 Å². The van der Waals surface area contributed by atoms with Crippen molar-refractivity contribution in [3.8, 4) is 16.9 Å². The average molecular weight is 374 g/mol. The van der Waals surface area contributed by atoms with Gasteiger partial charge in [-0.15, -0.1) is 0 Å². The highest BCUT2D eigenvalue weighted by atomic mass is 35.5. The van der Waals surface area contributed by atoms with Crippen molar-refractivity contribution in [1.82, 2.24) is 0 Å². The Labute approximate surface area is 152 Å². The lowest BCUT2D eigenvalue weighted by atomic mass is 10.0. The molecule has 128 valence electrons. The van der Waals surface area contributed by atoms with Crippen LogP contribution >= 0.6 is 11.6 Å². The van der Waals surface area contributed by atoms with E-state index >= 15 is 0 Å². The highest BCUT2D eigenvalue weighted by Crippen LogP contribution is 2.34. The van der Waals surface area contributed by atoms with Crippen LogP contribution in [0, 0.1) is 0 Å². The van der Waals surface area contributed by atoms with Gasteiger partial charge in [-0.05, 0) is 35.9 Å². The molecule has 3 rings (SSSR count). The summed E-state index contributed by atoms with van der Waals surface area (Å²) in [5.41, 5.74) is 2.00. The van der Waals surface area contributed by atoms with E-state index in [1.165, 1.54) is 0 Å². The Balaban J connectivity index is 2.01. The van der Waals surface area contributed by atoms with Crippen LogP contribution in [0.15, 0.2) is 77.7 Å². The van der Waals surface area contributed by atoms with Crippen molar-refractivity contribution in [1.29, 1.82) is 0 Å². The Kier molecular flexibility index (Phi) is 4.97. The molecule has 0 aliphatic carbocycles. The lowest BCUT2D eigenvalue weighted by Crippen LogP contribution is -2.13. The highest BCUT2D eigenvalue weighted by Gasteiger charge is 2.16. The van der Waals surface area contributed by atoms with E-state index in [0.29, 0.717) is 16.5 Å². The molecule has 0 saturated heterocycles. The van der Waals surface area contributed by atoms with Gasteiger partial charge in [-0.3, -0.25) is 4.72 Å². The van der Waals surface area contributed by atoms with Gasteiger partial charge in [0.05, 0.1) is 22.7 Å². The predicted molar refractivity (Wildman–Crippen MR) is 101 cm³/mol. The number of methoxy groups -OCH3 is 1. The van der Waals surface area contributed by atoms with E-state index in [-0.39, 0.29) is 4.90 Å². The summed E-state index contributed by atoms with van der Waals surface area (Å²) in [6, 6.07) is 20.7. The summed E-state index contributed by atoms with van der Waals surface area (Å²) in [4.78, 5) is 0.206. The van der Waals surface area contributed by atoms with E-state index in [1.807, 2.05) is 18.2 Å². The minimum Gasteiger partial charge on any atom is -0.495 e. The summed E-state index contributed by atoms with van der Waals surface area (Å²) in [6.07, 6.45) is 0. The number of benzene rings is 3. The van der Waals surface area contributed by atoms with Gasteiger partial charge in [-0.2, -0.15) is 0 Å². The Morgan fingerprint density at radius 2 is 1.60 bits per heavy atom. The second kappa shape index (κ2) is 7.17. The Hall–Kier alpha value is -2.50. The van der Waals surface area contributed by atoms with Crippen molar-refractivity contribution in [2.45, 2.75) is 4.90 Å². The number of anilines is 1. The maximum atomic E-state index is 12.6. The average Bonchev–Trinajstić information content (AvgIpc) is 2.62. The molecule has 3 aromatic carbocycles. The molecule has 25 heavy (non-hydrogen) atoms. The van der Waals surface area contributed by atoms with Crippen molar-refractivity contribution < 1.29 is 13.2 Å². The number of nitrogens with one attached hydrogen (secondary N) is 1. The number of hydrogen-bond donors (Lipinski definition) is 1. The number of rotatable bonds is 5. The third-order valence-corrected chi connectivity index (χ3v) is 5.36. The van der Waals surface area contributed by atoms with Crippen molar-refractivity contribution in [2.24, 2.45) is 0 Å². The fourth-order valence-corrected chi connectivity index (χ4v) is 3.82. The summed E-state index contributed by atoms with van der Waals surface area (Å²) in [5, 5.41) is 0.459. The van der Waals surface area contributed by atoms with Gasteiger partial charge in [0.25, 0.3) is 10.0 Å². The largest absolute Gasteiger partial charge is 0.495 e. The second-order valence-electron chi connectivity index (χ2n) is 5.31. The van der Waals surface area contributed by atoms with Crippen molar-refractivity contribution >= 4 is 27.3 Å². The summed E-state index contributed by atoms with van der Waals surface area (Å²) in [6.45, 7) is 0. The van der Waals surface area contributed by atoms with Gasteiger partial charge in [-0.1, -0.05) is 54.1 Å². The summed E-state index contributed by atoms with van der Waals surface area (Å²) in [5.74, 6) is 0.563. The standard InChI is InChI=1S/C19H16ClNO3S/c1-24-19-12-11-14(13-17(19)20)16-9-5-6-10-18(16)21-25(22,23)15-7-3-2-4-8-15/h2-13,21H,1H3. The lowest BCUT2D eigenvalue weighted by Gasteiger charge is -2.14. The molecule has 0 aliphatic rings. The first-order chi connectivity index (χ1) is 12.0. The minimum atomic E-state index is -3.67. The SMILES string of the molecule is COc1ccc(-c2ccccc2NS(=O)(=O)c2ccccc2)cc1Cl. The smallest absolute Gasteiger partial charge is 0.261 e.